The van der Waals surface area contributed by atoms with Gasteiger partial charge in [-0.25, -0.2) is 0 Å². The van der Waals surface area contributed by atoms with Crippen LogP contribution in [0.25, 0.3) is 0 Å². The largest absolute Gasteiger partial charge is 0.356 e. The fourth-order valence-corrected chi connectivity index (χ4v) is 4.90. The fourth-order valence-electron chi connectivity index (χ4n) is 3.21. The SMILES string of the molecule is CN=C(NCCCNC(=O)c1cccs1)N1CCC(CSc2ccccc2)C1.I. The van der Waals surface area contributed by atoms with E-state index in [1.54, 1.807) is 0 Å². The summed E-state index contributed by atoms with van der Waals surface area (Å²) in [5.74, 6) is 2.81. The van der Waals surface area contributed by atoms with Crippen LogP contribution in [-0.2, 0) is 0 Å². The van der Waals surface area contributed by atoms with Crippen molar-refractivity contribution in [3.05, 3.63) is 52.7 Å². The molecular weight excluding hydrogens is 515 g/mol. The molecule has 1 aromatic heterocycles. The summed E-state index contributed by atoms with van der Waals surface area (Å²) in [7, 11) is 1.84. The highest BCUT2D eigenvalue weighted by molar-refractivity contribution is 14.0. The maximum absolute atomic E-state index is 11.9. The zero-order valence-electron chi connectivity index (χ0n) is 16.7. The van der Waals surface area contributed by atoms with E-state index >= 15 is 0 Å². The predicted octanol–water partition coefficient (Wildman–Crippen LogP) is 4.18. The molecule has 2 N–H and O–H groups in total. The van der Waals surface area contributed by atoms with Gasteiger partial charge in [-0.15, -0.1) is 47.1 Å². The lowest BCUT2D eigenvalue weighted by Gasteiger charge is -2.21. The van der Waals surface area contributed by atoms with Crippen LogP contribution in [0.2, 0.25) is 0 Å². The molecule has 1 unspecified atom stereocenters. The maximum Gasteiger partial charge on any atom is 0.261 e. The maximum atomic E-state index is 11.9. The van der Waals surface area contributed by atoms with E-state index in [4.69, 9.17) is 0 Å². The molecule has 1 saturated heterocycles. The minimum atomic E-state index is 0. The van der Waals surface area contributed by atoms with Crippen molar-refractivity contribution in [2.75, 3.05) is 39.0 Å². The third-order valence-corrected chi connectivity index (χ3v) is 6.81. The van der Waals surface area contributed by atoms with E-state index in [9.17, 15) is 4.79 Å². The molecule has 1 aliphatic heterocycles. The monoisotopic (exact) mass is 544 g/mol. The summed E-state index contributed by atoms with van der Waals surface area (Å²) in [6.45, 7) is 3.57. The van der Waals surface area contributed by atoms with Crippen molar-refractivity contribution in [2.24, 2.45) is 10.9 Å². The highest BCUT2D eigenvalue weighted by atomic mass is 127. The summed E-state index contributed by atoms with van der Waals surface area (Å²) in [5, 5.41) is 8.31. The van der Waals surface area contributed by atoms with Crippen LogP contribution in [0.3, 0.4) is 0 Å². The van der Waals surface area contributed by atoms with E-state index in [1.165, 1.54) is 22.7 Å². The second-order valence-electron chi connectivity index (χ2n) is 6.79. The molecule has 29 heavy (non-hydrogen) atoms. The lowest BCUT2D eigenvalue weighted by molar-refractivity contribution is 0.0957. The first-order valence-corrected chi connectivity index (χ1v) is 11.6. The molecular formula is C21H29IN4OS2. The van der Waals surface area contributed by atoms with Gasteiger partial charge in [-0.3, -0.25) is 9.79 Å². The second-order valence-corrected chi connectivity index (χ2v) is 8.83. The normalized spacial score (nSPS) is 16.4. The van der Waals surface area contributed by atoms with Gasteiger partial charge in [-0.05, 0) is 42.3 Å². The van der Waals surface area contributed by atoms with Crippen molar-refractivity contribution < 1.29 is 4.79 Å². The van der Waals surface area contributed by atoms with Gasteiger partial charge >= 0.3 is 0 Å². The van der Waals surface area contributed by atoms with Crippen molar-refractivity contribution >= 4 is 58.9 Å². The van der Waals surface area contributed by atoms with Crippen molar-refractivity contribution in [3.63, 3.8) is 0 Å². The number of thioether (sulfide) groups is 1. The van der Waals surface area contributed by atoms with Crippen molar-refractivity contribution in [1.29, 1.82) is 0 Å². The molecule has 0 saturated carbocycles. The summed E-state index contributed by atoms with van der Waals surface area (Å²) in [6.07, 6.45) is 2.08. The number of nitrogens with zero attached hydrogens (tertiary/aromatic N) is 2. The Morgan fingerprint density at radius 1 is 1.21 bits per heavy atom. The Labute approximate surface area is 198 Å². The Balaban J connectivity index is 0.00000300. The van der Waals surface area contributed by atoms with Gasteiger partial charge in [0.05, 0.1) is 4.88 Å². The number of guanidine groups is 1. The van der Waals surface area contributed by atoms with Crippen molar-refractivity contribution in [3.8, 4) is 0 Å². The van der Waals surface area contributed by atoms with Crippen LogP contribution in [-0.4, -0.2) is 55.7 Å². The minimum Gasteiger partial charge on any atom is -0.356 e. The molecule has 3 rings (SSSR count). The van der Waals surface area contributed by atoms with Gasteiger partial charge < -0.3 is 15.5 Å². The molecule has 0 radical (unpaired) electrons. The zero-order valence-corrected chi connectivity index (χ0v) is 20.6. The number of benzene rings is 1. The number of thiophene rings is 1. The quantitative estimate of drug-likeness (QED) is 0.172. The number of hydrogen-bond donors (Lipinski definition) is 2. The van der Waals surface area contributed by atoms with Gasteiger partial charge in [0.25, 0.3) is 5.91 Å². The molecule has 2 aromatic rings. The number of hydrogen-bond acceptors (Lipinski definition) is 4. The van der Waals surface area contributed by atoms with Gasteiger partial charge in [-0.2, -0.15) is 0 Å². The number of rotatable bonds is 8. The highest BCUT2D eigenvalue weighted by Crippen LogP contribution is 2.25. The smallest absolute Gasteiger partial charge is 0.261 e. The lowest BCUT2D eigenvalue weighted by Crippen LogP contribution is -2.41. The van der Waals surface area contributed by atoms with Gasteiger partial charge in [-0.1, -0.05) is 24.3 Å². The number of aliphatic imine (C=N–C) groups is 1. The van der Waals surface area contributed by atoms with Crippen molar-refractivity contribution in [2.45, 2.75) is 17.7 Å². The third kappa shape index (κ3) is 7.82. The molecule has 1 fully saturated rings. The summed E-state index contributed by atoms with van der Waals surface area (Å²) >= 11 is 3.41. The lowest BCUT2D eigenvalue weighted by atomic mass is 10.2. The summed E-state index contributed by atoms with van der Waals surface area (Å²) in [6, 6.07) is 14.3. The van der Waals surface area contributed by atoms with Crippen LogP contribution >= 0.6 is 47.1 Å². The molecule has 8 heteroatoms. The van der Waals surface area contributed by atoms with E-state index in [0.29, 0.717) is 12.5 Å². The summed E-state index contributed by atoms with van der Waals surface area (Å²) in [5.41, 5.74) is 0. The molecule has 1 amide bonds. The number of nitrogens with one attached hydrogen (secondary N) is 2. The number of likely N-dealkylation sites (tertiary alicyclic amines) is 1. The molecule has 0 aliphatic carbocycles. The van der Waals surface area contributed by atoms with Crippen LogP contribution in [0.1, 0.15) is 22.5 Å². The van der Waals surface area contributed by atoms with E-state index < -0.39 is 0 Å². The second kappa shape index (κ2) is 13.1. The third-order valence-electron chi connectivity index (χ3n) is 4.69. The average molecular weight is 545 g/mol. The highest BCUT2D eigenvalue weighted by Gasteiger charge is 2.24. The standard InChI is InChI=1S/C21H28N4OS2.HI/c1-22-21(24-12-6-11-23-20(26)19-9-5-14-27-19)25-13-10-17(15-25)16-28-18-7-3-2-4-8-18;/h2-5,7-9,14,17H,6,10-13,15-16H2,1H3,(H,22,24)(H,23,26);1H. The Hall–Kier alpha value is -1.26. The molecule has 1 atom stereocenters. The van der Waals surface area contributed by atoms with Gasteiger partial charge in [0.2, 0.25) is 0 Å². The number of halogens is 1. The topological polar surface area (TPSA) is 56.7 Å². The molecule has 0 spiro atoms. The first kappa shape index (κ1) is 24.0. The minimum absolute atomic E-state index is 0. The first-order chi connectivity index (χ1) is 13.8. The Bertz CT molecular complexity index is 755. The number of amides is 1. The fraction of sp³-hybridized carbons (Fsp3) is 0.429. The van der Waals surface area contributed by atoms with Crippen LogP contribution in [0.5, 0.6) is 0 Å². The van der Waals surface area contributed by atoms with E-state index in [-0.39, 0.29) is 29.9 Å². The molecule has 5 nitrogen and oxygen atoms in total. The Morgan fingerprint density at radius 3 is 2.72 bits per heavy atom. The average Bonchev–Trinajstić information content (AvgIpc) is 3.42. The Kier molecular flexibility index (Phi) is 10.9. The van der Waals surface area contributed by atoms with Gasteiger partial charge in [0, 0.05) is 43.9 Å². The number of carbonyl (C=O) groups is 1. The molecule has 0 bridgehead atoms. The summed E-state index contributed by atoms with van der Waals surface area (Å²) in [4.78, 5) is 20.8. The molecule has 158 valence electrons. The van der Waals surface area contributed by atoms with E-state index in [0.717, 1.165) is 42.6 Å². The Morgan fingerprint density at radius 2 is 2.00 bits per heavy atom. The summed E-state index contributed by atoms with van der Waals surface area (Å²) < 4.78 is 0. The van der Waals surface area contributed by atoms with Gasteiger partial charge in [0.1, 0.15) is 0 Å². The molecule has 2 heterocycles. The predicted molar refractivity (Wildman–Crippen MR) is 135 cm³/mol. The van der Waals surface area contributed by atoms with Crippen molar-refractivity contribution in [1.82, 2.24) is 15.5 Å². The number of carbonyl (C=O) groups excluding carboxylic acids is 1. The van der Waals surface area contributed by atoms with Crippen LogP contribution < -0.4 is 10.6 Å². The van der Waals surface area contributed by atoms with Crippen LogP contribution in [0, 0.1) is 5.92 Å². The first-order valence-electron chi connectivity index (χ1n) is 9.71. The van der Waals surface area contributed by atoms with Gasteiger partial charge in [0.15, 0.2) is 5.96 Å². The zero-order chi connectivity index (χ0) is 19.6. The van der Waals surface area contributed by atoms with E-state index in [2.05, 4.69) is 50.9 Å². The van der Waals surface area contributed by atoms with E-state index in [1.807, 2.05) is 36.3 Å². The van der Waals surface area contributed by atoms with Crippen LogP contribution in [0.4, 0.5) is 0 Å². The molecule has 1 aliphatic rings. The van der Waals surface area contributed by atoms with Crippen LogP contribution in [0.15, 0.2) is 57.7 Å². The molecule has 1 aromatic carbocycles.